The maximum atomic E-state index is 13.7. The van der Waals surface area contributed by atoms with E-state index in [1.165, 1.54) is 7.11 Å². The fraction of sp³-hybridized carbons (Fsp3) is 0.400. The van der Waals surface area contributed by atoms with Crippen LogP contribution in [-0.4, -0.2) is 43.2 Å². The molecular weight excluding hydrogens is 289 g/mol. The minimum Gasteiger partial charge on any atom is -0.494 e. The number of halogens is 1. The maximum absolute atomic E-state index is 13.7. The van der Waals surface area contributed by atoms with Crippen LogP contribution in [0.1, 0.15) is 5.56 Å². The second-order valence-corrected chi connectivity index (χ2v) is 5.92. The van der Waals surface area contributed by atoms with Crippen molar-refractivity contribution in [1.82, 2.24) is 9.88 Å². The largest absolute Gasteiger partial charge is 0.494 e. The van der Waals surface area contributed by atoms with Gasteiger partial charge in [0.25, 0.3) is 0 Å². The monoisotopic (exact) mass is 307 g/mol. The standard InChI is InChI=1S/C15H18FN3OS/c1-20-14-3-2-12(10-13(14)16)11-18-5-7-19(8-6-18)15-17-4-9-21-15/h2-4,9-10H,5-8,11H2,1H3. The Morgan fingerprint density at radius 3 is 2.71 bits per heavy atom. The van der Waals surface area contributed by atoms with Crippen LogP contribution in [0.25, 0.3) is 0 Å². The molecule has 1 saturated heterocycles. The maximum Gasteiger partial charge on any atom is 0.185 e. The van der Waals surface area contributed by atoms with Gasteiger partial charge in [-0.1, -0.05) is 6.07 Å². The molecule has 0 atom stereocenters. The molecule has 2 aromatic rings. The van der Waals surface area contributed by atoms with Gasteiger partial charge in [-0.25, -0.2) is 9.37 Å². The first kappa shape index (κ1) is 14.3. The summed E-state index contributed by atoms with van der Waals surface area (Å²) < 4.78 is 18.6. The molecule has 0 aliphatic carbocycles. The number of anilines is 1. The molecule has 1 aromatic carbocycles. The Hall–Kier alpha value is -1.66. The van der Waals surface area contributed by atoms with E-state index in [0.29, 0.717) is 5.75 Å². The van der Waals surface area contributed by atoms with Gasteiger partial charge < -0.3 is 9.64 Å². The zero-order valence-electron chi connectivity index (χ0n) is 12.0. The zero-order chi connectivity index (χ0) is 14.7. The lowest BCUT2D eigenvalue weighted by Crippen LogP contribution is -2.45. The summed E-state index contributed by atoms with van der Waals surface area (Å²) in [5, 5.41) is 3.09. The molecule has 1 aliphatic heterocycles. The molecule has 21 heavy (non-hydrogen) atoms. The van der Waals surface area contributed by atoms with Gasteiger partial charge in [0.15, 0.2) is 16.7 Å². The number of aromatic nitrogens is 1. The molecule has 0 N–H and O–H groups in total. The quantitative estimate of drug-likeness (QED) is 0.868. The first-order chi connectivity index (χ1) is 10.3. The number of nitrogens with zero attached hydrogens (tertiary/aromatic N) is 3. The van der Waals surface area contributed by atoms with E-state index in [1.54, 1.807) is 23.5 Å². The lowest BCUT2D eigenvalue weighted by atomic mass is 10.2. The van der Waals surface area contributed by atoms with Gasteiger partial charge in [0.2, 0.25) is 0 Å². The van der Waals surface area contributed by atoms with Crippen LogP contribution in [0, 0.1) is 5.82 Å². The van der Waals surface area contributed by atoms with E-state index >= 15 is 0 Å². The molecule has 0 saturated carbocycles. The molecule has 6 heteroatoms. The second kappa shape index (κ2) is 6.41. The predicted octanol–water partition coefficient (Wildman–Crippen LogP) is 2.61. The van der Waals surface area contributed by atoms with Crippen molar-refractivity contribution in [1.29, 1.82) is 0 Å². The summed E-state index contributed by atoms with van der Waals surface area (Å²) in [6.07, 6.45) is 1.84. The average Bonchev–Trinajstić information content (AvgIpc) is 3.02. The van der Waals surface area contributed by atoms with Crippen molar-refractivity contribution in [2.24, 2.45) is 0 Å². The molecule has 2 heterocycles. The van der Waals surface area contributed by atoms with Crippen LogP contribution < -0.4 is 9.64 Å². The van der Waals surface area contributed by atoms with Gasteiger partial charge in [0.1, 0.15) is 0 Å². The van der Waals surface area contributed by atoms with Gasteiger partial charge in [0, 0.05) is 44.3 Å². The Kier molecular flexibility index (Phi) is 4.36. The van der Waals surface area contributed by atoms with Crippen molar-refractivity contribution in [2.45, 2.75) is 6.54 Å². The van der Waals surface area contributed by atoms with Crippen LogP contribution in [0.3, 0.4) is 0 Å². The summed E-state index contributed by atoms with van der Waals surface area (Å²) in [6.45, 7) is 4.63. The number of methoxy groups -OCH3 is 1. The normalized spacial score (nSPS) is 16.2. The van der Waals surface area contributed by atoms with Gasteiger partial charge in [-0.2, -0.15) is 0 Å². The minimum atomic E-state index is -0.295. The van der Waals surface area contributed by atoms with Crippen LogP contribution in [-0.2, 0) is 6.54 Å². The SMILES string of the molecule is COc1ccc(CN2CCN(c3nccs3)CC2)cc1F. The molecule has 0 spiro atoms. The summed E-state index contributed by atoms with van der Waals surface area (Å²) in [4.78, 5) is 8.98. The highest BCUT2D eigenvalue weighted by molar-refractivity contribution is 7.13. The number of hydrogen-bond acceptors (Lipinski definition) is 5. The first-order valence-electron chi connectivity index (χ1n) is 6.95. The number of benzene rings is 1. The Morgan fingerprint density at radius 2 is 2.10 bits per heavy atom. The van der Waals surface area contributed by atoms with Crippen molar-refractivity contribution in [3.8, 4) is 5.75 Å². The third kappa shape index (κ3) is 3.33. The van der Waals surface area contributed by atoms with E-state index < -0.39 is 0 Å². The van der Waals surface area contributed by atoms with Crippen LogP contribution in [0.5, 0.6) is 5.75 Å². The highest BCUT2D eigenvalue weighted by Crippen LogP contribution is 2.21. The number of thiazole rings is 1. The Labute approximate surface area is 127 Å². The Balaban J connectivity index is 1.57. The Morgan fingerprint density at radius 1 is 1.29 bits per heavy atom. The fourth-order valence-electron chi connectivity index (χ4n) is 2.54. The van der Waals surface area contributed by atoms with E-state index in [-0.39, 0.29) is 5.82 Å². The molecule has 1 aliphatic rings. The van der Waals surface area contributed by atoms with Crippen LogP contribution in [0.2, 0.25) is 0 Å². The lowest BCUT2D eigenvalue weighted by Gasteiger charge is -2.34. The third-order valence-corrected chi connectivity index (χ3v) is 4.52. The van der Waals surface area contributed by atoms with Gasteiger partial charge in [-0.3, -0.25) is 4.90 Å². The molecule has 0 radical (unpaired) electrons. The number of hydrogen-bond donors (Lipinski definition) is 0. The van der Waals surface area contributed by atoms with Crippen molar-refractivity contribution in [3.63, 3.8) is 0 Å². The second-order valence-electron chi connectivity index (χ2n) is 5.05. The van der Waals surface area contributed by atoms with E-state index in [9.17, 15) is 4.39 Å². The van der Waals surface area contributed by atoms with Crippen molar-refractivity contribution in [2.75, 3.05) is 38.2 Å². The average molecular weight is 307 g/mol. The molecule has 0 unspecified atom stereocenters. The van der Waals surface area contributed by atoms with Crippen molar-refractivity contribution in [3.05, 3.63) is 41.2 Å². The Bertz CT molecular complexity index is 583. The minimum absolute atomic E-state index is 0.295. The summed E-state index contributed by atoms with van der Waals surface area (Å²) in [5.41, 5.74) is 0.982. The molecular formula is C15H18FN3OS. The molecule has 4 nitrogen and oxygen atoms in total. The molecule has 1 fully saturated rings. The summed E-state index contributed by atoms with van der Waals surface area (Å²) in [5.74, 6) is 0.00348. The molecule has 0 amide bonds. The third-order valence-electron chi connectivity index (χ3n) is 3.68. The summed E-state index contributed by atoms with van der Waals surface area (Å²) in [6, 6.07) is 5.18. The van der Waals surface area contributed by atoms with Gasteiger partial charge in [-0.05, 0) is 17.7 Å². The van der Waals surface area contributed by atoms with Gasteiger partial charge in [0.05, 0.1) is 7.11 Å². The van der Waals surface area contributed by atoms with E-state index in [1.807, 2.05) is 17.6 Å². The molecule has 3 rings (SSSR count). The van der Waals surface area contributed by atoms with Crippen molar-refractivity contribution >= 4 is 16.5 Å². The van der Waals surface area contributed by atoms with Gasteiger partial charge in [-0.15, -0.1) is 11.3 Å². The number of ether oxygens (including phenoxy) is 1. The number of piperazine rings is 1. The fourth-order valence-corrected chi connectivity index (χ4v) is 3.23. The highest BCUT2D eigenvalue weighted by Gasteiger charge is 2.19. The molecule has 112 valence electrons. The van der Waals surface area contributed by atoms with Crippen LogP contribution in [0.15, 0.2) is 29.8 Å². The zero-order valence-corrected chi connectivity index (χ0v) is 12.8. The smallest absolute Gasteiger partial charge is 0.185 e. The van der Waals surface area contributed by atoms with E-state index in [0.717, 1.165) is 43.4 Å². The predicted molar refractivity (Wildman–Crippen MR) is 82.6 cm³/mol. The lowest BCUT2D eigenvalue weighted by molar-refractivity contribution is 0.249. The molecule has 0 bridgehead atoms. The van der Waals surface area contributed by atoms with Gasteiger partial charge >= 0.3 is 0 Å². The topological polar surface area (TPSA) is 28.6 Å². The van der Waals surface area contributed by atoms with E-state index in [2.05, 4.69) is 14.8 Å². The summed E-state index contributed by atoms with van der Waals surface area (Å²) >= 11 is 1.67. The van der Waals surface area contributed by atoms with Crippen molar-refractivity contribution < 1.29 is 9.13 Å². The van der Waals surface area contributed by atoms with Crippen LogP contribution >= 0.6 is 11.3 Å². The highest BCUT2D eigenvalue weighted by atomic mass is 32.1. The summed E-state index contributed by atoms with van der Waals surface area (Å²) in [7, 11) is 1.48. The number of rotatable bonds is 4. The van der Waals surface area contributed by atoms with Crippen LogP contribution in [0.4, 0.5) is 9.52 Å². The molecule has 1 aromatic heterocycles. The van der Waals surface area contributed by atoms with E-state index in [4.69, 9.17) is 4.74 Å². The first-order valence-corrected chi connectivity index (χ1v) is 7.83.